The van der Waals surface area contributed by atoms with Crippen molar-refractivity contribution in [1.82, 2.24) is 9.97 Å². The number of nitrogens with one attached hydrogen (secondary N) is 1. The monoisotopic (exact) mass is 317 g/mol. The van der Waals surface area contributed by atoms with Crippen LogP contribution in [-0.2, 0) is 4.79 Å². The summed E-state index contributed by atoms with van der Waals surface area (Å²) in [6.07, 6.45) is 0. The van der Waals surface area contributed by atoms with Gasteiger partial charge in [-0.1, -0.05) is 53.7 Å². The van der Waals surface area contributed by atoms with Gasteiger partial charge in [0.15, 0.2) is 5.16 Å². The second kappa shape index (κ2) is 5.79. The van der Waals surface area contributed by atoms with Crippen LogP contribution in [0.3, 0.4) is 0 Å². The van der Waals surface area contributed by atoms with E-state index in [1.165, 1.54) is 11.8 Å². The average Bonchev–Trinajstić information content (AvgIpc) is 2.87. The van der Waals surface area contributed by atoms with E-state index >= 15 is 0 Å². The number of rotatable bonds is 4. The minimum atomic E-state index is -0.484. The number of thioether (sulfide) groups is 1. The molecule has 6 heteroatoms. The fourth-order valence-electron chi connectivity index (χ4n) is 2.04. The number of H-pyrrole nitrogens is 1. The molecule has 0 aliphatic carbocycles. The van der Waals surface area contributed by atoms with Crippen LogP contribution in [0.2, 0.25) is 5.02 Å². The molecule has 1 heterocycles. The number of carbonyl (C=O) groups excluding carboxylic acids is 1. The molecule has 1 aromatic heterocycles. The van der Waals surface area contributed by atoms with Crippen LogP contribution in [0, 0.1) is 0 Å². The Morgan fingerprint density at radius 1 is 1.24 bits per heavy atom. The molecule has 4 nitrogen and oxygen atoms in total. The number of hydrogen-bond acceptors (Lipinski definition) is 3. The molecular weight excluding hydrogens is 306 g/mol. The van der Waals surface area contributed by atoms with Crippen LogP contribution in [0.1, 0.15) is 10.8 Å². The van der Waals surface area contributed by atoms with Gasteiger partial charge >= 0.3 is 0 Å². The van der Waals surface area contributed by atoms with Gasteiger partial charge in [0.05, 0.1) is 11.0 Å². The molecule has 3 rings (SSSR count). The van der Waals surface area contributed by atoms with E-state index in [9.17, 15) is 4.79 Å². The number of carbonyl (C=O) groups is 1. The predicted molar refractivity (Wildman–Crippen MR) is 85.3 cm³/mol. The lowest BCUT2D eigenvalue weighted by atomic mass is 10.1. The van der Waals surface area contributed by atoms with Crippen LogP contribution < -0.4 is 5.73 Å². The first-order chi connectivity index (χ1) is 10.1. The smallest absolute Gasteiger partial charge is 0.235 e. The lowest BCUT2D eigenvalue weighted by Gasteiger charge is -2.11. The summed E-state index contributed by atoms with van der Waals surface area (Å²) < 4.78 is 0. The number of primary amides is 1. The highest BCUT2D eigenvalue weighted by molar-refractivity contribution is 8.00. The highest BCUT2D eigenvalue weighted by Crippen LogP contribution is 2.34. The number of aromatic nitrogens is 2. The summed E-state index contributed by atoms with van der Waals surface area (Å²) in [6, 6.07) is 14.8. The molecule has 106 valence electrons. The topological polar surface area (TPSA) is 71.8 Å². The summed E-state index contributed by atoms with van der Waals surface area (Å²) in [5.41, 5.74) is 8.01. The molecule has 3 N–H and O–H groups in total. The number of nitrogens with two attached hydrogens (primary N) is 1. The van der Waals surface area contributed by atoms with E-state index in [0.717, 1.165) is 16.6 Å². The van der Waals surface area contributed by atoms with Crippen LogP contribution in [0.5, 0.6) is 0 Å². The van der Waals surface area contributed by atoms with Crippen LogP contribution >= 0.6 is 23.4 Å². The van der Waals surface area contributed by atoms with Gasteiger partial charge in [-0.3, -0.25) is 4.79 Å². The zero-order chi connectivity index (χ0) is 14.8. The molecule has 0 saturated heterocycles. The Balaban J connectivity index is 1.93. The Morgan fingerprint density at radius 3 is 2.71 bits per heavy atom. The first-order valence-electron chi connectivity index (χ1n) is 6.29. The highest BCUT2D eigenvalue weighted by Gasteiger charge is 2.20. The van der Waals surface area contributed by atoms with Crippen molar-refractivity contribution in [3.8, 4) is 0 Å². The zero-order valence-electron chi connectivity index (χ0n) is 10.9. The summed E-state index contributed by atoms with van der Waals surface area (Å²) >= 11 is 7.25. The SMILES string of the molecule is NC(=O)C(Sc1nc2ccc(Cl)cc2[nH]1)c1ccccc1. The highest BCUT2D eigenvalue weighted by atomic mass is 35.5. The molecule has 0 aliphatic heterocycles. The van der Waals surface area contributed by atoms with Gasteiger partial charge in [-0.15, -0.1) is 0 Å². The number of aromatic amines is 1. The average molecular weight is 318 g/mol. The van der Waals surface area contributed by atoms with Crippen molar-refractivity contribution in [3.63, 3.8) is 0 Å². The van der Waals surface area contributed by atoms with Gasteiger partial charge in [0.1, 0.15) is 5.25 Å². The van der Waals surface area contributed by atoms with Gasteiger partial charge in [0, 0.05) is 5.02 Å². The van der Waals surface area contributed by atoms with E-state index in [2.05, 4.69) is 9.97 Å². The van der Waals surface area contributed by atoms with E-state index in [0.29, 0.717) is 10.2 Å². The minimum absolute atomic E-state index is 0.398. The van der Waals surface area contributed by atoms with Crippen molar-refractivity contribution < 1.29 is 4.79 Å². The van der Waals surface area contributed by atoms with Gasteiger partial charge in [-0.2, -0.15) is 0 Å². The minimum Gasteiger partial charge on any atom is -0.368 e. The molecule has 0 aliphatic rings. The summed E-state index contributed by atoms with van der Waals surface area (Å²) in [7, 11) is 0. The number of halogens is 1. The fraction of sp³-hybridized carbons (Fsp3) is 0.0667. The fourth-order valence-corrected chi connectivity index (χ4v) is 3.17. The van der Waals surface area contributed by atoms with Crippen molar-refractivity contribution in [2.45, 2.75) is 10.4 Å². The summed E-state index contributed by atoms with van der Waals surface area (Å²) in [5, 5.41) is 0.791. The van der Waals surface area contributed by atoms with Crippen LogP contribution in [0.15, 0.2) is 53.7 Å². The molecule has 0 radical (unpaired) electrons. The molecule has 2 aromatic carbocycles. The molecular formula is C15H12ClN3OS. The van der Waals surface area contributed by atoms with Gasteiger partial charge in [-0.25, -0.2) is 4.98 Å². The maximum Gasteiger partial charge on any atom is 0.235 e. The maximum atomic E-state index is 11.7. The second-order valence-corrected chi connectivity index (χ2v) is 6.04. The van der Waals surface area contributed by atoms with Gasteiger partial charge in [-0.05, 0) is 23.8 Å². The van der Waals surface area contributed by atoms with E-state index in [4.69, 9.17) is 17.3 Å². The van der Waals surface area contributed by atoms with Crippen LogP contribution in [-0.4, -0.2) is 15.9 Å². The third kappa shape index (κ3) is 3.04. The Kier molecular flexibility index (Phi) is 3.86. The van der Waals surface area contributed by atoms with E-state index in [1.807, 2.05) is 36.4 Å². The number of hydrogen-bond donors (Lipinski definition) is 2. The zero-order valence-corrected chi connectivity index (χ0v) is 12.5. The molecule has 3 aromatic rings. The van der Waals surface area contributed by atoms with Crippen molar-refractivity contribution in [1.29, 1.82) is 0 Å². The van der Waals surface area contributed by atoms with Crippen molar-refractivity contribution >= 4 is 40.3 Å². The first-order valence-corrected chi connectivity index (χ1v) is 7.55. The number of fused-ring (bicyclic) bond motifs is 1. The van der Waals surface area contributed by atoms with E-state index in [-0.39, 0.29) is 0 Å². The number of amides is 1. The first kappa shape index (κ1) is 14.0. The largest absolute Gasteiger partial charge is 0.368 e. The maximum absolute atomic E-state index is 11.7. The normalized spacial score (nSPS) is 12.4. The Morgan fingerprint density at radius 2 is 2.00 bits per heavy atom. The molecule has 1 amide bonds. The third-order valence-electron chi connectivity index (χ3n) is 3.01. The molecule has 0 saturated carbocycles. The van der Waals surface area contributed by atoms with E-state index in [1.54, 1.807) is 12.1 Å². The quantitative estimate of drug-likeness (QED) is 0.723. The second-order valence-electron chi connectivity index (χ2n) is 4.51. The molecule has 0 bridgehead atoms. The third-order valence-corrected chi connectivity index (χ3v) is 4.40. The van der Waals surface area contributed by atoms with Gasteiger partial charge in [0.2, 0.25) is 5.91 Å². The lowest BCUT2D eigenvalue weighted by molar-refractivity contribution is -0.117. The number of benzene rings is 2. The van der Waals surface area contributed by atoms with Gasteiger partial charge < -0.3 is 10.7 Å². The summed E-state index contributed by atoms with van der Waals surface area (Å²) in [6.45, 7) is 0. The number of imidazole rings is 1. The summed E-state index contributed by atoms with van der Waals surface area (Å²) in [4.78, 5) is 19.3. The molecule has 0 fully saturated rings. The molecule has 0 spiro atoms. The number of nitrogens with zero attached hydrogens (tertiary/aromatic N) is 1. The van der Waals surface area contributed by atoms with Crippen LogP contribution in [0.25, 0.3) is 11.0 Å². The lowest BCUT2D eigenvalue weighted by Crippen LogP contribution is -2.19. The Bertz CT molecular complexity index is 788. The van der Waals surface area contributed by atoms with Crippen LogP contribution in [0.4, 0.5) is 0 Å². The Labute approximate surface area is 130 Å². The van der Waals surface area contributed by atoms with Crippen molar-refractivity contribution in [2.24, 2.45) is 5.73 Å². The van der Waals surface area contributed by atoms with Crippen molar-refractivity contribution in [3.05, 3.63) is 59.1 Å². The van der Waals surface area contributed by atoms with Crippen molar-refractivity contribution in [2.75, 3.05) is 0 Å². The molecule has 1 unspecified atom stereocenters. The van der Waals surface area contributed by atoms with Gasteiger partial charge in [0.25, 0.3) is 0 Å². The standard InChI is InChI=1S/C15H12ClN3OS/c16-10-6-7-11-12(8-10)19-15(18-11)21-13(14(17)20)9-4-2-1-3-5-9/h1-8,13H,(H2,17,20)(H,18,19). The van der Waals surface area contributed by atoms with E-state index < -0.39 is 11.2 Å². The summed E-state index contributed by atoms with van der Waals surface area (Å²) in [5.74, 6) is -0.398. The molecule has 1 atom stereocenters. The Hall–Kier alpha value is -1.98. The molecule has 21 heavy (non-hydrogen) atoms. The predicted octanol–water partition coefficient (Wildman–Crippen LogP) is 3.54.